The topological polar surface area (TPSA) is 80.2 Å². The zero-order valence-corrected chi connectivity index (χ0v) is 12.8. The maximum atomic E-state index is 5.58. The van der Waals surface area contributed by atoms with Gasteiger partial charge in [0.05, 0.1) is 18.5 Å². The molecule has 0 saturated carbocycles. The molecule has 6 nitrogen and oxygen atoms in total. The van der Waals surface area contributed by atoms with Crippen molar-refractivity contribution in [3.05, 3.63) is 40.9 Å². The van der Waals surface area contributed by atoms with E-state index in [1.165, 1.54) is 0 Å². The number of nitrogens with one attached hydrogen (secondary N) is 1. The average molecular weight is 303 g/mol. The molecule has 3 aromatic rings. The highest BCUT2D eigenvalue weighted by molar-refractivity contribution is 7.16. The van der Waals surface area contributed by atoms with Crippen LogP contribution in [0.4, 0.5) is 5.82 Å². The summed E-state index contributed by atoms with van der Waals surface area (Å²) in [4.78, 5) is 12.1. The number of furan rings is 1. The van der Waals surface area contributed by atoms with Gasteiger partial charge in [0.1, 0.15) is 22.2 Å². The molecule has 110 valence electrons. The van der Waals surface area contributed by atoms with E-state index >= 15 is 0 Å². The molecule has 0 atom stereocenters. The van der Waals surface area contributed by atoms with Gasteiger partial charge in [-0.2, -0.15) is 0 Å². The quantitative estimate of drug-likeness (QED) is 0.557. The summed E-state index contributed by atoms with van der Waals surface area (Å²) in [6, 6.07) is 5.92. The van der Waals surface area contributed by atoms with Crippen molar-refractivity contribution in [1.82, 2.24) is 14.9 Å². The molecule has 3 N–H and O–H groups in total. The predicted octanol–water partition coefficient (Wildman–Crippen LogP) is 2.51. The van der Waals surface area contributed by atoms with E-state index in [1.54, 1.807) is 11.3 Å². The number of nitrogens with two attached hydrogens (primary N) is 1. The normalized spacial score (nSPS) is 11.4. The van der Waals surface area contributed by atoms with E-state index in [0.717, 1.165) is 27.6 Å². The molecule has 0 saturated heterocycles. The summed E-state index contributed by atoms with van der Waals surface area (Å²) in [5.41, 5.74) is 2.64. The molecule has 0 aromatic carbocycles. The summed E-state index contributed by atoms with van der Waals surface area (Å²) in [6.07, 6.45) is 0. The first-order valence-corrected chi connectivity index (χ1v) is 7.48. The zero-order valence-electron chi connectivity index (χ0n) is 12.0. The molecule has 7 heteroatoms. The molecule has 0 aliphatic rings. The molecule has 0 radical (unpaired) electrons. The lowest BCUT2D eigenvalue weighted by molar-refractivity contribution is 0.279. The van der Waals surface area contributed by atoms with Gasteiger partial charge < -0.3 is 9.84 Å². The number of hydrogen-bond donors (Lipinski definition) is 2. The van der Waals surface area contributed by atoms with Crippen LogP contribution in [0.3, 0.4) is 0 Å². The number of aryl methyl sites for hydroxylation is 1. The number of thiophene rings is 1. The van der Waals surface area contributed by atoms with Crippen LogP contribution in [0, 0.1) is 6.92 Å². The minimum Gasteiger partial charge on any atom is -0.465 e. The SMILES string of the molecule is Cc1ccc(CN(C)Cc2nc(NN)c3ccsc3n2)o1. The van der Waals surface area contributed by atoms with E-state index < -0.39 is 0 Å². The van der Waals surface area contributed by atoms with Crippen molar-refractivity contribution < 1.29 is 4.42 Å². The van der Waals surface area contributed by atoms with E-state index in [4.69, 9.17) is 10.3 Å². The number of aromatic nitrogens is 2. The number of hydrazine groups is 1. The molecule has 0 aliphatic carbocycles. The highest BCUT2D eigenvalue weighted by atomic mass is 32.1. The van der Waals surface area contributed by atoms with Crippen LogP contribution in [0.1, 0.15) is 17.3 Å². The molecular formula is C14H17N5OS. The first-order chi connectivity index (χ1) is 10.2. The first-order valence-electron chi connectivity index (χ1n) is 6.60. The summed E-state index contributed by atoms with van der Waals surface area (Å²) in [5, 5.41) is 2.94. The Morgan fingerprint density at radius 2 is 2.14 bits per heavy atom. The summed E-state index contributed by atoms with van der Waals surface area (Å²) < 4.78 is 5.58. The average Bonchev–Trinajstić information content (AvgIpc) is 3.06. The van der Waals surface area contributed by atoms with Crippen molar-refractivity contribution in [2.75, 3.05) is 12.5 Å². The Labute approximate surface area is 126 Å². The van der Waals surface area contributed by atoms with Gasteiger partial charge in [-0.1, -0.05) is 0 Å². The highest BCUT2D eigenvalue weighted by Gasteiger charge is 2.11. The lowest BCUT2D eigenvalue weighted by atomic mass is 10.3. The lowest BCUT2D eigenvalue weighted by Crippen LogP contribution is -2.19. The molecule has 21 heavy (non-hydrogen) atoms. The first kappa shape index (κ1) is 14.0. The van der Waals surface area contributed by atoms with Crippen molar-refractivity contribution >= 4 is 27.4 Å². The zero-order chi connectivity index (χ0) is 14.8. The molecule has 0 fully saturated rings. The standard InChI is InChI=1S/C14H17N5OS/c1-9-3-4-10(20-9)7-19(2)8-12-16-13(18-15)11-5-6-21-14(11)17-12/h3-6H,7-8,15H2,1-2H3,(H,16,17,18). The molecule has 3 heterocycles. The Morgan fingerprint density at radius 1 is 1.29 bits per heavy atom. The largest absolute Gasteiger partial charge is 0.465 e. The Kier molecular flexibility index (Phi) is 3.87. The second-order valence-electron chi connectivity index (χ2n) is 4.96. The summed E-state index contributed by atoms with van der Waals surface area (Å²) in [5.74, 6) is 8.80. The van der Waals surface area contributed by atoms with Gasteiger partial charge in [-0.3, -0.25) is 4.90 Å². The van der Waals surface area contributed by atoms with Gasteiger partial charge >= 0.3 is 0 Å². The monoisotopic (exact) mass is 303 g/mol. The van der Waals surface area contributed by atoms with Crippen molar-refractivity contribution in [1.29, 1.82) is 0 Å². The molecule has 0 amide bonds. The summed E-state index contributed by atoms with van der Waals surface area (Å²) >= 11 is 1.58. The van der Waals surface area contributed by atoms with Crippen LogP contribution in [-0.4, -0.2) is 21.9 Å². The van der Waals surface area contributed by atoms with Crippen molar-refractivity contribution in [3.63, 3.8) is 0 Å². The maximum Gasteiger partial charge on any atom is 0.152 e. The number of nitrogens with zero attached hydrogens (tertiary/aromatic N) is 3. The predicted molar refractivity (Wildman–Crippen MR) is 83.8 cm³/mol. The van der Waals surface area contributed by atoms with Crippen LogP contribution in [0.15, 0.2) is 28.0 Å². The van der Waals surface area contributed by atoms with E-state index in [9.17, 15) is 0 Å². The molecule has 0 spiro atoms. The van der Waals surface area contributed by atoms with Gasteiger partial charge in [0.25, 0.3) is 0 Å². The van der Waals surface area contributed by atoms with Gasteiger partial charge in [-0.25, -0.2) is 15.8 Å². The third-order valence-corrected chi connectivity index (χ3v) is 3.95. The van der Waals surface area contributed by atoms with E-state index in [2.05, 4.69) is 20.3 Å². The van der Waals surface area contributed by atoms with Crippen LogP contribution in [0.5, 0.6) is 0 Å². The third-order valence-electron chi connectivity index (χ3n) is 3.14. The van der Waals surface area contributed by atoms with E-state index in [-0.39, 0.29) is 0 Å². The number of fused-ring (bicyclic) bond motifs is 1. The molecule has 3 rings (SSSR count). The van der Waals surface area contributed by atoms with Crippen molar-refractivity contribution in [2.24, 2.45) is 5.84 Å². The smallest absolute Gasteiger partial charge is 0.152 e. The Bertz CT molecular complexity index is 751. The second-order valence-corrected chi connectivity index (χ2v) is 5.85. The summed E-state index contributed by atoms with van der Waals surface area (Å²) in [7, 11) is 2.01. The van der Waals surface area contributed by atoms with Crippen LogP contribution in [0.25, 0.3) is 10.2 Å². The van der Waals surface area contributed by atoms with Gasteiger partial charge in [-0.15, -0.1) is 11.3 Å². The molecule has 0 unspecified atom stereocenters. The summed E-state index contributed by atoms with van der Waals surface area (Å²) in [6.45, 7) is 3.28. The second kappa shape index (κ2) is 5.80. The fraction of sp³-hybridized carbons (Fsp3) is 0.286. The van der Waals surface area contributed by atoms with Gasteiger partial charge in [0.2, 0.25) is 0 Å². The maximum absolute atomic E-state index is 5.58. The fourth-order valence-electron chi connectivity index (χ4n) is 2.21. The molecular weight excluding hydrogens is 286 g/mol. The Morgan fingerprint density at radius 3 is 2.86 bits per heavy atom. The van der Waals surface area contributed by atoms with Crippen LogP contribution < -0.4 is 11.3 Å². The minimum absolute atomic E-state index is 0.627. The lowest BCUT2D eigenvalue weighted by Gasteiger charge is -2.14. The van der Waals surface area contributed by atoms with Crippen LogP contribution in [-0.2, 0) is 13.1 Å². The van der Waals surface area contributed by atoms with Gasteiger partial charge in [0, 0.05) is 0 Å². The van der Waals surface area contributed by atoms with Crippen molar-refractivity contribution in [3.8, 4) is 0 Å². The van der Waals surface area contributed by atoms with Gasteiger partial charge in [0.15, 0.2) is 5.82 Å². The third kappa shape index (κ3) is 3.05. The highest BCUT2D eigenvalue weighted by Crippen LogP contribution is 2.24. The number of rotatable bonds is 5. The van der Waals surface area contributed by atoms with Crippen LogP contribution in [0.2, 0.25) is 0 Å². The fourth-order valence-corrected chi connectivity index (χ4v) is 3.00. The van der Waals surface area contributed by atoms with E-state index in [0.29, 0.717) is 18.9 Å². The number of hydrogen-bond acceptors (Lipinski definition) is 7. The van der Waals surface area contributed by atoms with E-state index in [1.807, 2.05) is 37.6 Å². The molecule has 0 bridgehead atoms. The Balaban J connectivity index is 1.77. The van der Waals surface area contributed by atoms with Gasteiger partial charge in [-0.05, 0) is 37.6 Å². The van der Waals surface area contributed by atoms with Crippen molar-refractivity contribution in [2.45, 2.75) is 20.0 Å². The minimum atomic E-state index is 0.627. The van der Waals surface area contributed by atoms with Crippen LogP contribution >= 0.6 is 11.3 Å². The Hall–Kier alpha value is -1.96. The number of nitrogen functional groups attached to an aromatic ring is 1. The number of anilines is 1. The molecule has 0 aliphatic heterocycles. The molecule has 3 aromatic heterocycles.